The van der Waals surface area contributed by atoms with E-state index >= 15 is 0 Å². The Bertz CT molecular complexity index is 610. The predicted octanol–water partition coefficient (Wildman–Crippen LogP) is 1.82. The molecule has 0 saturated carbocycles. The fourth-order valence-corrected chi connectivity index (χ4v) is 3.01. The molecule has 0 radical (unpaired) electrons. The molecule has 0 aromatic heterocycles. The molecule has 5 heteroatoms. The summed E-state index contributed by atoms with van der Waals surface area (Å²) in [5.41, 5.74) is 2.69. The van der Waals surface area contributed by atoms with Gasteiger partial charge in [-0.2, -0.15) is 0 Å². The number of amides is 3. The van der Waals surface area contributed by atoms with E-state index in [0.29, 0.717) is 24.9 Å². The molecule has 2 heterocycles. The maximum Gasteiger partial charge on any atom is 0.255 e. The SMILES string of the molecule is CC.Cc1cccc2c1C(=O)N(C1CCC(=O)NC1=O)CC2. The molecule has 22 heavy (non-hydrogen) atoms. The molecule has 3 rings (SSSR count). The van der Waals surface area contributed by atoms with Crippen LogP contribution in [0.1, 0.15) is 48.2 Å². The Kier molecular flexibility index (Phi) is 4.96. The first-order valence-corrected chi connectivity index (χ1v) is 7.81. The zero-order valence-corrected chi connectivity index (χ0v) is 13.3. The zero-order valence-electron chi connectivity index (χ0n) is 13.3. The number of benzene rings is 1. The number of fused-ring (bicyclic) bond motifs is 1. The average molecular weight is 302 g/mol. The number of imide groups is 1. The number of piperidine rings is 1. The van der Waals surface area contributed by atoms with Crippen LogP contribution in [0.25, 0.3) is 0 Å². The number of nitrogens with zero attached hydrogens (tertiary/aromatic N) is 1. The van der Waals surface area contributed by atoms with Crippen LogP contribution in [0.4, 0.5) is 0 Å². The van der Waals surface area contributed by atoms with Crippen molar-refractivity contribution in [1.82, 2.24) is 10.2 Å². The van der Waals surface area contributed by atoms with Gasteiger partial charge >= 0.3 is 0 Å². The normalized spacial score (nSPS) is 20.8. The van der Waals surface area contributed by atoms with E-state index in [9.17, 15) is 14.4 Å². The molecule has 1 N–H and O–H groups in total. The third-order valence-corrected chi connectivity index (χ3v) is 4.04. The van der Waals surface area contributed by atoms with Gasteiger partial charge in [0.2, 0.25) is 11.8 Å². The molecule has 0 aliphatic carbocycles. The lowest BCUT2D eigenvalue weighted by Gasteiger charge is -2.36. The van der Waals surface area contributed by atoms with E-state index in [4.69, 9.17) is 0 Å². The topological polar surface area (TPSA) is 66.5 Å². The minimum atomic E-state index is -0.520. The number of carbonyl (C=O) groups excluding carboxylic acids is 3. The second kappa shape index (κ2) is 6.73. The summed E-state index contributed by atoms with van der Waals surface area (Å²) in [4.78, 5) is 37.4. The lowest BCUT2D eigenvalue weighted by Crippen LogP contribution is -2.56. The van der Waals surface area contributed by atoms with Crippen LogP contribution in [0.3, 0.4) is 0 Å². The van der Waals surface area contributed by atoms with Crippen LogP contribution < -0.4 is 5.32 Å². The Morgan fingerprint density at radius 1 is 1.14 bits per heavy atom. The summed E-state index contributed by atoms with van der Waals surface area (Å²) in [5, 5.41) is 2.31. The van der Waals surface area contributed by atoms with Crippen molar-refractivity contribution in [2.45, 2.75) is 46.1 Å². The number of hydrogen-bond donors (Lipinski definition) is 1. The minimum absolute atomic E-state index is 0.0983. The van der Waals surface area contributed by atoms with Crippen LogP contribution >= 0.6 is 0 Å². The highest BCUT2D eigenvalue weighted by atomic mass is 16.2. The van der Waals surface area contributed by atoms with Gasteiger partial charge in [-0.25, -0.2) is 0 Å². The van der Waals surface area contributed by atoms with Gasteiger partial charge in [0.1, 0.15) is 6.04 Å². The van der Waals surface area contributed by atoms with E-state index in [1.165, 1.54) is 0 Å². The number of aryl methyl sites for hydroxylation is 1. The molecule has 1 saturated heterocycles. The number of rotatable bonds is 1. The number of nitrogens with one attached hydrogen (secondary N) is 1. The Balaban J connectivity index is 0.000000847. The zero-order chi connectivity index (χ0) is 16.3. The lowest BCUT2D eigenvalue weighted by molar-refractivity contribution is -0.136. The van der Waals surface area contributed by atoms with Crippen molar-refractivity contribution in [1.29, 1.82) is 0 Å². The van der Waals surface area contributed by atoms with Crippen molar-refractivity contribution in [2.75, 3.05) is 6.54 Å². The number of carbonyl (C=O) groups is 3. The van der Waals surface area contributed by atoms with E-state index in [-0.39, 0.29) is 17.7 Å². The maximum atomic E-state index is 12.6. The van der Waals surface area contributed by atoms with E-state index in [0.717, 1.165) is 17.5 Å². The summed E-state index contributed by atoms with van der Waals surface area (Å²) in [6.07, 6.45) is 1.46. The highest BCUT2D eigenvalue weighted by Crippen LogP contribution is 2.25. The van der Waals surface area contributed by atoms with Crippen LogP contribution in [0.2, 0.25) is 0 Å². The molecular formula is C17H22N2O3. The van der Waals surface area contributed by atoms with Gasteiger partial charge in [0, 0.05) is 18.5 Å². The highest BCUT2D eigenvalue weighted by Gasteiger charge is 2.37. The summed E-state index contributed by atoms with van der Waals surface area (Å²) in [5.74, 6) is -0.710. The first-order chi connectivity index (χ1) is 10.6. The molecule has 3 amide bonds. The largest absolute Gasteiger partial charge is 0.326 e. The number of hydrogen-bond acceptors (Lipinski definition) is 3. The summed E-state index contributed by atoms with van der Waals surface area (Å²) in [6.45, 7) is 6.44. The predicted molar refractivity (Wildman–Crippen MR) is 83.4 cm³/mol. The second-order valence-corrected chi connectivity index (χ2v) is 5.32. The Morgan fingerprint density at radius 2 is 1.86 bits per heavy atom. The van der Waals surface area contributed by atoms with Gasteiger partial charge in [0.05, 0.1) is 0 Å². The molecule has 0 spiro atoms. The molecule has 2 aliphatic rings. The van der Waals surface area contributed by atoms with Crippen molar-refractivity contribution >= 4 is 17.7 Å². The third kappa shape index (κ3) is 2.89. The van der Waals surface area contributed by atoms with Crippen molar-refractivity contribution in [3.05, 3.63) is 34.9 Å². The Morgan fingerprint density at radius 3 is 2.55 bits per heavy atom. The fourth-order valence-electron chi connectivity index (χ4n) is 3.01. The molecule has 5 nitrogen and oxygen atoms in total. The summed E-state index contributed by atoms with van der Waals surface area (Å²) in [7, 11) is 0. The van der Waals surface area contributed by atoms with Crippen molar-refractivity contribution in [3.63, 3.8) is 0 Å². The summed E-state index contributed by atoms with van der Waals surface area (Å²) >= 11 is 0. The first kappa shape index (κ1) is 16.2. The van der Waals surface area contributed by atoms with Crippen LogP contribution in [-0.2, 0) is 16.0 Å². The summed E-state index contributed by atoms with van der Waals surface area (Å²) < 4.78 is 0. The molecular weight excluding hydrogens is 280 g/mol. The van der Waals surface area contributed by atoms with Crippen LogP contribution in [-0.4, -0.2) is 35.2 Å². The summed E-state index contributed by atoms with van der Waals surface area (Å²) in [6, 6.07) is 5.29. The second-order valence-electron chi connectivity index (χ2n) is 5.32. The van der Waals surface area contributed by atoms with E-state index in [2.05, 4.69) is 5.32 Å². The molecule has 1 fully saturated rings. The molecule has 118 valence electrons. The first-order valence-electron chi connectivity index (χ1n) is 7.81. The molecule has 0 bridgehead atoms. The van der Waals surface area contributed by atoms with E-state index < -0.39 is 6.04 Å². The molecule has 2 aliphatic heterocycles. The van der Waals surface area contributed by atoms with Crippen molar-refractivity contribution < 1.29 is 14.4 Å². The molecule has 1 aromatic carbocycles. The van der Waals surface area contributed by atoms with Gasteiger partial charge in [-0.05, 0) is 30.9 Å². The van der Waals surface area contributed by atoms with Gasteiger partial charge in [0.25, 0.3) is 5.91 Å². The van der Waals surface area contributed by atoms with Gasteiger partial charge in [0.15, 0.2) is 0 Å². The van der Waals surface area contributed by atoms with E-state index in [1.54, 1.807) is 4.90 Å². The van der Waals surface area contributed by atoms with Gasteiger partial charge in [-0.1, -0.05) is 32.0 Å². The smallest absolute Gasteiger partial charge is 0.255 e. The van der Waals surface area contributed by atoms with Gasteiger partial charge in [-0.15, -0.1) is 0 Å². The molecule has 1 atom stereocenters. The maximum absolute atomic E-state index is 12.6. The quantitative estimate of drug-likeness (QED) is 0.805. The van der Waals surface area contributed by atoms with Crippen LogP contribution in [0, 0.1) is 6.92 Å². The Hall–Kier alpha value is -2.17. The lowest BCUT2D eigenvalue weighted by atomic mass is 9.92. The highest BCUT2D eigenvalue weighted by molar-refractivity contribution is 6.05. The fraction of sp³-hybridized carbons (Fsp3) is 0.471. The monoisotopic (exact) mass is 302 g/mol. The van der Waals surface area contributed by atoms with Crippen LogP contribution in [0.5, 0.6) is 0 Å². The van der Waals surface area contributed by atoms with Crippen molar-refractivity contribution in [3.8, 4) is 0 Å². The van der Waals surface area contributed by atoms with Crippen LogP contribution in [0.15, 0.2) is 18.2 Å². The van der Waals surface area contributed by atoms with Crippen molar-refractivity contribution in [2.24, 2.45) is 0 Å². The molecule has 1 aromatic rings. The average Bonchev–Trinajstić information content (AvgIpc) is 2.51. The third-order valence-electron chi connectivity index (χ3n) is 4.04. The van der Waals surface area contributed by atoms with E-state index in [1.807, 2.05) is 39.0 Å². The Labute approximate surface area is 130 Å². The van der Waals surface area contributed by atoms with Gasteiger partial charge < -0.3 is 4.90 Å². The van der Waals surface area contributed by atoms with Gasteiger partial charge in [-0.3, -0.25) is 19.7 Å². The minimum Gasteiger partial charge on any atom is -0.326 e. The standard InChI is InChI=1S/C15H16N2O3.C2H6/c1-9-3-2-4-10-7-8-17(15(20)13(9)10)11-5-6-12(18)16-14(11)19;1-2/h2-4,11H,5-8H2,1H3,(H,16,18,19);1-2H3. The molecule has 1 unspecified atom stereocenters.